The van der Waals surface area contributed by atoms with E-state index in [4.69, 9.17) is 9.69 Å². The third-order valence-corrected chi connectivity index (χ3v) is 9.85. The van der Waals surface area contributed by atoms with Crippen LogP contribution < -0.4 is 5.32 Å². The van der Waals surface area contributed by atoms with Gasteiger partial charge in [0.1, 0.15) is 16.8 Å². The lowest BCUT2D eigenvalue weighted by Crippen LogP contribution is -2.40. The standard InChI is InChI=1S/C17H24N4OSSi/c1-12-13(11-22-24(5,6)17(2,3)4)7-8-19-15(12)21-16-20-10-14(9-18)23-16/h7-8,10H,11H2,1-6H3,(H,19,20,21). The van der Waals surface area contributed by atoms with Crippen molar-refractivity contribution in [3.8, 4) is 6.07 Å². The van der Waals surface area contributed by atoms with Gasteiger partial charge in [-0.15, -0.1) is 0 Å². The summed E-state index contributed by atoms with van der Waals surface area (Å²) in [6.45, 7) is 13.8. The van der Waals surface area contributed by atoms with Gasteiger partial charge in [-0.05, 0) is 42.2 Å². The topological polar surface area (TPSA) is 70.8 Å². The van der Waals surface area contributed by atoms with Crippen molar-refractivity contribution < 1.29 is 4.43 Å². The highest BCUT2D eigenvalue weighted by Crippen LogP contribution is 2.37. The SMILES string of the molecule is Cc1c(CO[Si](C)(C)C(C)(C)C)ccnc1Nc1ncc(C#N)s1. The Morgan fingerprint density at radius 1 is 1.33 bits per heavy atom. The maximum Gasteiger partial charge on any atom is 0.192 e. The molecule has 0 bridgehead atoms. The number of nitrogens with one attached hydrogen (secondary N) is 1. The first kappa shape index (κ1) is 18.6. The molecule has 5 nitrogen and oxygen atoms in total. The first-order valence-corrected chi connectivity index (χ1v) is 11.6. The molecule has 24 heavy (non-hydrogen) atoms. The van der Waals surface area contributed by atoms with Crippen molar-refractivity contribution in [3.63, 3.8) is 0 Å². The molecule has 0 aliphatic carbocycles. The Morgan fingerprint density at radius 2 is 2.04 bits per heavy atom. The van der Waals surface area contributed by atoms with Crippen molar-refractivity contribution in [2.75, 3.05) is 5.32 Å². The van der Waals surface area contributed by atoms with E-state index in [-0.39, 0.29) is 5.04 Å². The van der Waals surface area contributed by atoms with E-state index in [9.17, 15) is 0 Å². The molecule has 0 aromatic carbocycles. The molecule has 0 aliphatic rings. The zero-order chi connectivity index (χ0) is 18.0. The Morgan fingerprint density at radius 3 is 2.62 bits per heavy atom. The molecule has 0 radical (unpaired) electrons. The van der Waals surface area contributed by atoms with Crippen LogP contribution in [-0.2, 0) is 11.0 Å². The fraction of sp³-hybridized carbons (Fsp3) is 0.471. The molecule has 0 amide bonds. The summed E-state index contributed by atoms with van der Waals surface area (Å²) in [6, 6.07) is 4.09. The number of anilines is 2. The Balaban J connectivity index is 2.15. The maximum atomic E-state index is 8.89. The highest BCUT2D eigenvalue weighted by Gasteiger charge is 2.37. The van der Waals surface area contributed by atoms with Crippen LogP contribution in [0.3, 0.4) is 0 Å². The molecular weight excluding hydrogens is 336 g/mol. The quantitative estimate of drug-likeness (QED) is 0.761. The molecule has 2 heterocycles. The smallest absolute Gasteiger partial charge is 0.192 e. The molecule has 0 fully saturated rings. The lowest BCUT2D eigenvalue weighted by Gasteiger charge is -2.36. The van der Waals surface area contributed by atoms with E-state index in [1.165, 1.54) is 11.3 Å². The summed E-state index contributed by atoms with van der Waals surface area (Å²) in [5.74, 6) is 0.755. The van der Waals surface area contributed by atoms with Gasteiger partial charge in [0.15, 0.2) is 13.4 Å². The summed E-state index contributed by atoms with van der Waals surface area (Å²) >= 11 is 1.32. The van der Waals surface area contributed by atoms with Gasteiger partial charge in [-0.2, -0.15) is 5.26 Å². The number of pyridine rings is 1. The van der Waals surface area contributed by atoms with Gasteiger partial charge in [0.2, 0.25) is 0 Å². The molecule has 0 saturated carbocycles. The zero-order valence-corrected chi connectivity index (χ0v) is 16.9. The van der Waals surface area contributed by atoms with Gasteiger partial charge >= 0.3 is 0 Å². The number of nitriles is 1. The highest BCUT2D eigenvalue weighted by molar-refractivity contribution is 7.16. The summed E-state index contributed by atoms with van der Waals surface area (Å²) in [7, 11) is -1.79. The van der Waals surface area contributed by atoms with Crippen LogP contribution in [0.2, 0.25) is 18.1 Å². The number of rotatable bonds is 5. The molecule has 2 aromatic rings. The Kier molecular flexibility index (Phi) is 5.43. The minimum Gasteiger partial charge on any atom is -0.413 e. The summed E-state index contributed by atoms with van der Waals surface area (Å²) < 4.78 is 6.31. The highest BCUT2D eigenvalue weighted by atomic mass is 32.1. The lowest BCUT2D eigenvalue weighted by atomic mass is 10.1. The predicted octanol–water partition coefficient (Wildman–Crippen LogP) is 4.98. The van der Waals surface area contributed by atoms with E-state index in [1.807, 2.05) is 13.0 Å². The number of thiazole rings is 1. The van der Waals surface area contributed by atoms with Gasteiger partial charge < -0.3 is 9.74 Å². The van der Waals surface area contributed by atoms with E-state index < -0.39 is 8.32 Å². The van der Waals surface area contributed by atoms with Gasteiger partial charge in [-0.3, -0.25) is 0 Å². The van der Waals surface area contributed by atoms with Crippen LogP contribution in [0.5, 0.6) is 0 Å². The van der Waals surface area contributed by atoms with Gasteiger partial charge in [0.25, 0.3) is 0 Å². The second-order valence-corrected chi connectivity index (χ2v) is 13.1. The second kappa shape index (κ2) is 7.01. The van der Waals surface area contributed by atoms with E-state index in [0.717, 1.165) is 16.9 Å². The van der Waals surface area contributed by atoms with Crippen molar-refractivity contribution in [2.24, 2.45) is 0 Å². The van der Waals surface area contributed by atoms with Crippen molar-refractivity contribution in [3.05, 3.63) is 34.5 Å². The number of nitrogens with zero attached hydrogens (tertiary/aromatic N) is 3. The average molecular weight is 361 g/mol. The summed E-state index contributed by atoms with van der Waals surface area (Å²) in [4.78, 5) is 9.16. The maximum absolute atomic E-state index is 8.89. The van der Waals surface area contributed by atoms with E-state index >= 15 is 0 Å². The van der Waals surface area contributed by atoms with Crippen LogP contribution in [0.25, 0.3) is 0 Å². The largest absolute Gasteiger partial charge is 0.413 e. The average Bonchev–Trinajstić information content (AvgIpc) is 2.95. The lowest BCUT2D eigenvalue weighted by molar-refractivity contribution is 0.275. The molecule has 0 spiro atoms. The van der Waals surface area contributed by atoms with Gasteiger partial charge in [-0.1, -0.05) is 32.1 Å². The minimum absolute atomic E-state index is 0.184. The van der Waals surface area contributed by atoms with Crippen molar-refractivity contribution in [2.45, 2.75) is 52.4 Å². The number of hydrogen-bond donors (Lipinski definition) is 1. The summed E-state index contributed by atoms with van der Waals surface area (Å²) in [5, 5.41) is 12.9. The second-order valence-electron chi connectivity index (χ2n) is 7.26. The van der Waals surface area contributed by atoms with Crippen LogP contribution in [-0.4, -0.2) is 18.3 Å². The summed E-state index contributed by atoms with van der Waals surface area (Å²) in [6.07, 6.45) is 3.34. The van der Waals surface area contributed by atoms with Crippen molar-refractivity contribution in [1.29, 1.82) is 5.26 Å². The Bertz CT molecular complexity index is 759. The molecule has 2 aromatic heterocycles. The molecule has 1 N–H and O–H groups in total. The molecule has 0 aliphatic heterocycles. The molecular formula is C17H24N4OSSi. The molecule has 0 unspecified atom stereocenters. The Labute approximate surface area is 148 Å². The number of aromatic nitrogens is 2. The normalized spacial score (nSPS) is 12.0. The summed E-state index contributed by atoms with van der Waals surface area (Å²) in [5.41, 5.74) is 2.17. The van der Waals surface area contributed by atoms with E-state index in [2.05, 4.69) is 55.2 Å². The van der Waals surface area contributed by atoms with Crippen LogP contribution in [0.1, 0.15) is 36.8 Å². The first-order chi connectivity index (χ1) is 11.1. The fourth-order valence-electron chi connectivity index (χ4n) is 1.82. The first-order valence-electron chi connectivity index (χ1n) is 7.85. The molecule has 0 saturated heterocycles. The van der Waals surface area contributed by atoms with Gasteiger partial charge in [-0.25, -0.2) is 9.97 Å². The Hall–Kier alpha value is -1.75. The van der Waals surface area contributed by atoms with Crippen LogP contribution in [0.15, 0.2) is 18.5 Å². The molecule has 128 valence electrons. The van der Waals surface area contributed by atoms with E-state index in [0.29, 0.717) is 16.6 Å². The van der Waals surface area contributed by atoms with Gasteiger partial charge in [0, 0.05) is 6.20 Å². The van der Waals surface area contributed by atoms with Crippen LogP contribution in [0, 0.1) is 18.3 Å². The third kappa shape index (κ3) is 4.20. The third-order valence-electron chi connectivity index (χ3n) is 4.55. The van der Waals surface area contributed by atoms with E-state index in [1.54, 1.807) is 12.4 Å². The van der Waals surface area contributed by atoms with Crippen LogP contribution in [0.4, 0.5) is 10.9 Å². The predicted molar refractivity (Wildman–Crippen MR) is 101 cm³/mol. The van der Waals surface area contributed by atoms with Crippen molar-refractivity contribution >= 4 is 30.6 Å². The van der Waals surface area contributed by atoms with Crippen molar-refractivity contribution in [1.82, 2.24) is 9.97 Å². The minimum atomic E-state index is -1.79. The monoisotopic (exact) mass is 360 g/mol. The van der Waals surface area contributed by atoms with Crippen LogP contribution >= 0.6 is 11.3 Å². The fourth-order valence-corrected chi connectivity index (χ4v) is 3.38. The number of hydrogen-bond acceptors (Lipinski definition) is 6. The van der Waals surface area contributed by atoms with Gasteiger partial charge in [0.05, 0.1) is 12.8 Å². The molecule has 2 rings (SSSR count). The molecule has 7 heteroatoms. The molecule has 0 atom stereocenters. The zero-order valence-electron chi connectivity index (χ0n) is 15.1.